The quantitative estimate of drug-likeness (QED) is 0.399. The number of hydrogen-bond donors (Lipinski definition) is 3. The van der Waals surface area contributed by atoms with Crippen LogP contribution in [0.3, 0.4) is 0 Å². The van der Waals surface area contributed by atoms with Crippen molar-refractivity contribution in [3.8, 4) is 0 Å². The molecule has 0 amide bonds. The van der Waals surface area contributed by atoms with E-state index < -0.39 is 12.5 Å². The Morgan fingerprint density at radius 3 is 2.55 bits per heavy atom. The fourth-order valence-corrected chi connectivity index (χ4v) is 3.64. The molecule has 0 saturated heterocycles. The minimum Gasteiger partial charge on any atom is -0.382 e. The van der Waals surface area contributed by atoms with Crippen LogP contribution in [0.1, 0.15) is 11.7 Å². The standard InChI is InChI=1S/C19H12Cl2F2N4O2/c20-11-5-8(16(28)17(22)23)6-12(21)15(11)27-18-9-1-4-25-19(29)14(9)10-7-24-3-2-13(10)26-18/h1-7,16-17,28H,(H,25,29)(H,26,27)/t16-/m1/s1. The van der Waals surface area contributed by atoms with Crippen LogP contribution in [-0.2, 0) is 0 Å². The molecule has 0 spiro atoms. The van der Waals surface area contributed by atoms with Gasteiger partial charge in [0.05, 0.1) is 26.6 Å². The third-order valence-electron chi connectivity index (χ3n) is 4.40. The molecule has 0 aliphatic rings. The molecule has 148 valence electrons. The maximum atomic E-state index is 12.8. The Bertz CT molecular complexity index is 1270. The molecule has 0 unspecified atom stereocenters. The zero-order valence-corrected chi connectivity index (χ0v) is 16.0. The Hall–Kier alpha value is -2.81. The fourth-order valence-electron chi connectivity index (χ4n) is 3.04. The molecule has 0 bridgehead atoms. The van der Waals surface area contributed by atoms with Crippen LogP contribution in [0, 0.1) is 0 Å². The zero-order chi connectivity index (χ0) is 20.7. The van der Waals surface area contributed by atoms with Crippen molar-refractivity contribution in [1.82, 2.24) is 15.0 Å². The molecule has 0 radical (unpaired) electrons. The van der Waals surface area contributed by atoms with Crippen molar-refractivity contribution in [3.05, 3.63) is 68.8 Å². The van der Waals surface area contributed by atoms with Crippen LogP contribution in [0.4, 0.5) is 20.3 Å². The van der Waals surface area contributed by atoms with Crippen molar-refractivity contribution in [2.75, 3.05) is 5.32 Å². The summed E-state index contributed by atoms with van der Waals surface area (Å²) < 4.78 is 25.6. The Morgan fingerprint density at radius 2 is 1.86 bits per heavy atom. The van der Waals surface area contributed by atoms with Gasteiger partial charge in [0.1, 0.15) is 11.9 Å². The number of hydrogen-bond acceptors (Lipinski definition) is 5. The molecule has 0 fully saturated rings. The highest BCUT2D eigenvalue weighted by Gasteiger charge is 2.22. The van der Waals surface area contributed by atoms with Crippen molar-refractivity contribution in [2.24, 2.45) is 0 Å². The SMILES string of the molecule is O=c1[nH]ccc2c(Nc3c(Cl)cc([C@@H](O)C(F)F)cc3Cl)nc3ccncc3c12. The second-order valence-corrected chi connectivity index (χ2v) is 7.03. The van der Waals surface area contributed by atoms with E-state index in [-0.39, 0.29) is 26.9 Å². The van der Waals surface area contributed by atoms with E-state index in [1.165, 1.54) is 18.3 Å². The summed E-state index contributed by atoms with van der Waals surface area (Å²) in [6.45, 7) is 0. The van der Waals surface area contributed by atoms with Gasteiger partial charge in [-0.25, -0.2) is 13.8 Å². The monoisotopic (exact) mass is 436 g/mol. The highest BCUT2D eigenvalue weighted by atomic mass is 35.5. The number of pyridine rings is 3. The van der Waals surface area contributed by atoms with E-state index in [1.807, 2.05) is 0 Å². The maximum absolute atomic E-state index is 12.8. The lowest BCUT2D eigenvalue weighted by molar-refractivity contribution is -0.00576. The van der Waals surface area contributed by atoms with Crippen LogP contribution in [0.25, 0.3) is 21.7 Å². The molecule has 10 heteroatoms. The molecule has 6 nitrogen and oxygen atoms in total. The van der Waals surface area contributed by atoms with E-state index in [1.54, 1.807) is 24.5 Å². The Labute approximate surface area is 172 Å². The van der Waals surface area contributed by atoms with Crippen molar-refractivity contribution >= 4 is 56.4 Å². The molecule has 4 aromatic rings. The van der Waals surface area contributed by atoms with Crippen LogP contribution in [-0.4, -0.2) is 26.5 Å². The Kier molecular flexibility index (Phi) is 5.08. The van der Waals surface area contributed by atoms with E-state index in [4.69, 9.17) is 23.2 Å². The van der Waals surface area contributed by atoms with Gasteiger partial charge in [-0.05, 0) is 29.8 Å². The summed E-state index contributed by atoms with van der Waals surface area (Å²) in [4.78, 5) is 23.6. The summed E-state index contributed by atoms with van der Waals surface area (Å²) in [5.41, 5.74) is 0.294. The van der Waals surface area contributed by atoms with Gasteiger partial charge in [-0.15, -0.1) is 0 Å². The van der Waals surface area contributed by atoms with Gasteiger partial charge < -0.3 is 15.4 Å². The lowest BCUT2D eigenvalue weighted by atomic mass is 10.1. The molecule has 29 heavy (non-hydrogen) atoms. The molecule has 0 aliphatic heterocycles. The van der Waals surface area contributed by atoms with Gasteiger partial charge in [0.15, 0.2) is 0 Å². The number of aromatic amines is 1. The zero-order valence-electron chi connectivity index (χ0n) is 14.5. The number of alkyl halides is 2. The molecule has 3 aromatic heterocycles. The van der Waals surface area contributed by atoms with E-state index in [0.717, 1.165) is 0 Å². The predicted octanol–water partition coefficient (Wildman–Crippen LogP) is 4.82. The molecule has 0 saturated carbocycles. The van der Waals surface area contributed by atoms with Crippen molar-refractivity contribution in [1.29, 1.82) is 0 Å². The molecule has 1 aromatic carbocycles. The second kappa shape index (κ2) is 7.55. The fraction of sp³-hybridized carbons (Fsp3) is 0.105. The summed E-state index contributed by atoms with van der Waals surface area (Å²) in [5, 5.41) is 14.0. The average molecular weight is 437 g/mol. The molecular weight excluding hydrogens is 425 g/mol. The number of aliphatic hydroxyl groups is 1. The highest BCUT2D eigenvalue weighted by molar-refractivity contribution is 6.39. The largest absolute Gasteiger partial charge is 0.382 e. The average Bonchev–Trinajstić information content (AvgIpc) is 2.69. The predicted molar refractivity (Wildman–Crippen MR) is 108 cm³/mol. The Morgan fingerprint density at radius 1 is 1.14 bits per heavy atom. The molecule has 3 N–H and O–H groups in total. The van der Waals surface area contributed by atoms with Gasteiger partial charge >= 0.3 is 0 Å². The van der Waals surface area contributed by atoms with Crippen LogP contribution >= 0.6 is 23.2 Å². The number of nitrogens with zero attached hydrogens (tertiary/aromatic N) is 2. The number of fused-ring (bicyclic) bond motifs is 3. The van der Waals surface area contributed by atoms with Crippen LogP contribution < -0.4 is 10.9 Å². The minimum atomic E-state index is -2.98. The third kappa shape index (κ3) is 3.50. The molecule has 1 atom stereocenters. The van der Waals surface area contributed by atoms with Gasteiger partial charge in [0, 0.05) is 29.4 Å². The van der Waals surface area contributed by atoms with Gasteiger partial charge in [-0.1, -0.05) is 23.2 Å². The summed E-state index contributed by atoms with van der Waals surface area (Å²) in [6.07, 6.45) is -0.422. The lowest BCUT2D eigenvalue weighted by Crippen LogP contribution is -2.09. The van der Waals surface area contributed by atoms with E-state index in [9.17, 15) is 18.7 Å². The summed E-state index contributed by atoms with van der Waals surface area (Å²) in [7, 11) is 0. The number of aliphatic hydroxyl groups excluding tert-OH is 1. The first-order valence-electron chi connectivity index (χ1n) is 8.34. The maximum Gasteiger partial charge on any atom is 0.268 e. The topological polar surface area (TPSA) is 90.9 Å². The van der Waals surface area contributed by atoms with Gasteiger partial charge in [-0.2, -0.15) is 0 Å². The Balaban J connectivity index is 1.89. The number of halogens is 4. The smallest absolute Gasteiger partial charge is 0.268 e. The first kappa shape index (κ1) is 19.5. The third-order valence-corrected chi connectivity index (χ3v) is 5.00. The first-order valence-corrected chi connectivity index (χ1v) is 9.09. The van der Waals surface area contributed by atoms with Crippen molar-refractivity contribution in [2.45, 2.75) is 12.5 Å². The minimum absolute atomic E-state index is 0.0156. The number of benzene rings is 1. The summed E-state index contributed by atoms with van der Waals surface area (Å²) >= 11 is 12.5. The highest BCUT2D eigenvalue weighted by Crippen LogP contribution is 2.38. The number of H-pyrrole nitrogens is 1. The van der Waals surface area contributed by atoms with Gasteiger partial charge in [0.25, 0.3) is 12.0 Å². The van der Waals surface area contributed by atoms with Crippen LogP contribution in [0.5, 0.6) is 0 Å². The first-order chi connectivity index (χ1) is 13.9. The van der Waals surface area contributed by atoms with Crippen molar-refractivity contribution < 1.29 is 13.9 Å². The number of anilines is 2. The second-order valence-electron chi connectivity index (χ2n) is 6.21. The van der Waals surface area contributed by atoms with E-state index in [0.29, 0.717) is 27.5 Å². The van der Waals surface area contributed by atoms with Gasteiger partial charge in [-0.3, -0.25) is 9.78 Å². The van der Waals surface area contributed by atoms with Crippen molar-refractivity contribution in [3.63, 3.8) is 0 Å². The normalized spacial score (nSPS) is 12.6. The van der Waals surface area contributed by atoms with Crippen LogP contribution in [0.15, 0.2) is 47.7 Å². The van der Waals surface area contributed by atoms with Crippen LogP contribution in [0.2, 0.25) is 10.0 Å². The number of nitrogens with one attached hydrogen (secondary N) is 2. The molecule has 4 rings (SSSR count). The van der Waals surface area contributed by atoms with E-state index in [2.05, 4.69) is 20.3 Å². The van der Waals surface area contributed by atoms with Gasteiger partial charge in [0.2, 0.25) is 0 Å². The summed E-state index contributed by atoms with van der Waals surface area (Å²) in [6, 6.07) is 5.71. The number of aromatic nitrogens is 3. The number of rotatable bonds is 4. The molecular formula is C19H12Cl2F2N4O2. The molecule has 3 heterocycles. The summed E-state index contributed by atoms with van der Waals surface area (Å²) in [5.74, 6) is 0.302. The molecule has 0 aliphatic carbocycles. The lowest BCUT2D eigenvalue weighted by Gasteiger charge is -2.16. The van der Waals surface area contributed by atoms with E-state index >= 15 is 0 Å².